The SMILES string of the molecule is CCCCCCCCCCCC=CC[Si](CC)(CC)CC. The van der Waals surface area contributed by atoms with Gasteiger partial charge in [-0.1, -0.05) is 109 Å². The highest BCUT2D eigenvalue weighted by Gasteiger charge is 2.24. The summed E-state index contributed by atoms with van der Waals surface area (Å²) in [5.41, 5.74) is 0. The van der Waals surface area contributed by atoms with Gasteiger partial charge in [-0.25, -0.2) is 0 Å². The van der Waals surface area contributed by atoms with Gasteiger partial charge in [0, 0.05) is 0 Å². The lowest BCUT2D eigenvalue weighted by molar-refractivity contribution is 0.566. The molecular weight excluding hydrogens is 268 g/mol. The molecule has 0 atom stereocenters. The Morgan fingerprint density at radius 3 is 1.52 bits per heavy atom. The minimum atomic E-state index is -0.902. The van der Waals surface area contributed by atoms with Crippen LogP contribution in [0.2, 0.25) is 24.2 Å². The van der Waals surface area contributed by atoms with Gasteiger partial charge in [-0.2, -0.15) is 0 Å². The Morgan fingerprint density at radius 1 is 0.571 bits per heavy atom. The summed E-state index contributed by atoms with van der Waals surface area (Å²) in [6, 6.07) is 5.81. The number of unbranched alkanes of at least 4 members (excludes halogenated alkanes) is 9. The molecule has 0 bridgehead atoms. The van der Waals surface area contributed by atoms with Crippen molar-refractivity contribution < 1.29 is 0 Å². The summed E-state index contributed by atoms with van der Waals surface area (Å²) < 4.78 is 0. The van der Waals surface area contributed by atoms with E-state index < -0.39 is 8.07 Å². The zero-order chi connectivity index (χ0) is 15.8. The summed E-state index contributed by atoms with van der Waals surface area (Å²) in [6.45, 7) is 9.52. The number of allylic oxidation sites excluding steroid dienone is 2. The fourth-order valence-electron chi connectivity index (χ4n) is 3.21. The average Bonchev–Trinajstić information content (AvgIpc) is 2.53. The maximum Gasteiger partial charge on any atom is 0.0565 e. The molecule has 0 heterocycles. The molecule has 0 aromatic rings. The fraction of sp³-hybridized carbons (Fsp3) is 0.900. The zero-order valence-electron chi connectivity index (χ0n) is 15.6. The van der Waals surface area contributed by atoms with E-state index in [9.17, 15) is 0 Å². The standard InChI is InChI=1S/C20H42Si/c1-5-9-10-11-12-13-14-15-16-17-18-19-20-21(6-2,7-3)8-4/h18-19H,5-17,20H2,1-4H3. The van der Waals surface area contributed by atoms with Crippen LogP contribution in [0.25, 0.3) is 0 Å². The maximum atomic E-state index is 2.52. The highest BCUT2D eigenvalue weighted by atomic mass is 28.3. The second kappa shape index (κ2) is 14.9. The second-order valence-electron chi connectivity index (χ2n) is 6.85. The van der Waals surface area contributed by atoms with E-state index in [0.29, 0.717) is 0 Å². The lowest BCUT2D eigenvalue weighted by atomic mass is 10.1. The monoisotopic (exact) mass is 310 g/mol. The Morgan fingerprint density at radius 2 is 1.05 bits per heavy atom. The Labute approximate surface area is 136 Å². The van der Waals surface area contributed by atoms with Crippen LogP contribution < -0.4 is 0 Å². The van der Waals surface area contributed by atoms with Gasteiger partial charge in [0.15, 0.2) is 0 Å². The molecule has 0 aliphatic rings. The Bertz CT molecular complexity index is 220. The Hall–Kier alpha value is -0.0431. The van der Waals surface area contributed by atoms with Gasteiger partial charge in [0.05, 0.1) is 8.07 Å². The van der Waals surface area contributed by atoms with Gasteiger partial charge in [-0.05, 0) is 18.9 Å². The Kier molecular flexibility index (Phi) is 14.8. The third-order valence-corrected chi connectivity index (χ3v) is 11.0. The van der Waals surface area contributed by atoms with E-state index in [2.05, 4.69) is 39.8 Å². The van der Waals surface area contributed by atoms with E-state index >= 15 is 0 Å². The molecule has 0 unspecified atom stereocenters. The summed E-state index contributed by atoms with van der Waals surface area (Å²) in [6.07, 6.45) is 19.3. The van der Waals surface area contributed by atoms with Crippen LogP contribution in [0.3, 0.4) is 0 Å². The maximum absolute atomic E-state index is 2.52. The largest absolute Gasteiger partial charge is 0.0912 e. The van der Waals surface area contributed by atoms with Crippen molar-refractivity contribution >= 4 is 8.07 Å². The highest BCUT2D eigenvalue weighted by molar-refractivity contribution is 6.80. The summed E-state index contributed by atoms with van der Waals surface area (Å²) >= 11 is 0. The Balaban J connectivity index is 3.44. The molecule has 126 valence electrons. The van der Waals surface area contributed by atoms with E-state index in [4.69, 9.17) is 0 Å². The first kappa shape index (κ1) is 21.0. The van der Waals surface area contributed by atoms with Crippen LogP contribution in [0.5, 0.6) is 0 Å². The van der Waals surface area contributed by atoms with Crippen molar-refractivity contribution in [3.05, 3.63) is 12.2 Å². The molecule has 0 nitrogen and oxygen atoms in total. The quantitative estimate of drug-likeness (QED) is 0.163. The molecule has 0 aliphatic carbocycles. The predicted octanol–water partition coefficient (Wildman–Crippen LogP) is 7.97. The van der Waals surface area contributed by atoms with Gasteiger partial charge >= 0.3 is 0 Å². The normalized spacial score (nSPS) is 12.4. The molecule has 0 rings (SSSR count). The van der Waals surface area contributed by atoms with Crippen LogP contribution in [0.4, 0.5) is 0 Å². The van der Waals surface area contributed by atoms with Gasteiger partial charge in [0.25, 0.3) is 0 Å². The molecule has 0 saturated carbocycles. The van der Waals surface area contributed by atoms with Gasteiger partial charge in [-0.3, -0.25) is 0 Å². The molecule has 0 aromatic carbocycles. The number of rotatable bonds is 15. The van der Waals surface area contributed by atoms with Crippen LogP contribution in [0.15, 0.2) is 12.2 Å². The molecule has 0 N–H and O–H groups in total. The second-order valence-corrected chi connectivity index (χ2v) is 12.4. The van der Waals surface area contributed by atoms with Gasteiger partial charge in [0.1, 0.15) is 0 Å². The van der Waals surface area contributed by atoms with Crippen molar-refractivity contribution in [2.24, 2.45) is 0 Å². The zero-order valence-corrected chi connectivity index (χ0v) is 16.6. The van der Waals surface area contributed by atoms with E-state index in [1.165, 1.54) is 88.4 Å². The summed E-state index contributed by atoms with van der Waals surface area (Å²) in [5.74, 6) is 0. The molecule has 0 aliphatic heterocycles. The molecule has 0 radical (unpaired) electrons. The molecule has 0 saturated heterocycles. The van der Waals surface area contributed by atoms with E-state index in [0.717, 1.165) is 0 Å². The van der Waals surface area contributed by atoms with Crippen LogP contribution in [-0.4, -0.2) is 8.07 Å². The van der Waals surface area contributed by atoms with Crippen molar-refractivity contribution in [1.82, 2.24) is 0 Å². The van der Waals surface area contributed by atoms with Crippen LogP contribution >= 0.6 is 0 Å². The molecule has 21 heavy (non-hydrogen) atoms. The van der Waals surface area contributed by atoms with Gasteiger partial charge in [0.2, 0.25) is 0 Å². The molecule has 0 spiro atoms. The molecule has 0 amide bonds. The van der Waals surface area contributed by atoms with Crippen molar-refractivity contribution in [1.29, 1.82) is 0 Å². The molecule has 0 aromatic heterocycles. The minimum absolute atomic E-state index is 0.902. The first-order chi connectivity index (χ1) is 10.2. The lowest BCUT2D eigenvalue weighted by Crippen LogP contribution is -2.29. The van der Waals surface area contributed by atoms with Crippen molar-refractivity contribution in [3.8, 4) is 0 Å². The highest BCUT2D eigenvalue weighted by Crippen LogP contribution is 2.25. The van der Waals surface area contributed by atoms with Crippen molar-refractivity contribution in [2.45, 2.75) is 116 Å². The summed E-state index contributed by atoms with van der Waals surface area (Å²) in [5, 5.41) is 0. The lowest BCUT2D eigenvalue weighted by Gasteiger charge is -2.26. The predicted molar refractivity (Wildman–Crippen MR) is 103 cm³/mol. The van der Waals surface area contributed by atoms with Gasteiger partial charge < -0.3 is 0 Å². The third-order valence-electron chi connectivity index (χ3n) is 5.44. The van der Waals surface area contributed by atoms with E-state index in [1.54, 1.807) is 0 Å². The number of hydrogen-bond donors (Lipinski definition) is 0. The smallest absolute Gasteiger partial charge is 0.0565 e. The fourth-order valence-corrected chi connectivity index (χ4v) is 6.24. The van der Waals surface area contributed by atoms with Crippen LogP contribution in [0, 0.1) is 0 Å². The first-order valence-corrected chi connectivity index (χ1v) is 12.7. The van der Waals surface area contributed by atoms with E-state index in [-0.39, 0.29) is 0 Å². The summed E-state index contributed by atoms with van der Waals surface area (Å²) in [7, 11) is -0.902. The molecule has 0 fully saturated rings. The van der Waals surface area contributed by atoms with Gasteiger partial charge in [-0.15, -0.1) is 0 Å². The molecular formula is C20H42Si. The van der Waals surface area contributed by atoms with Crippen LogP contribution in [0.1, 0.15) is 91.9 Å². The molecule has 1 heteroatoms. The first-order valence-electron chi connectivity index (χ1n) is 9.89. The topological polar surface area (TPSA) is 0 Å². The van der Waals surface area contributed by atoms with Crippen molar-refractivity contribution in [3.63, 3.8) is 0 Å². The third kappa shape index (κ3) is 11.2. The summed E-state index contributed by atoms with van der Waals surface area (Å²) in [4.78, 5) is 0. The minimum Gasteiger partial charge on any atom is -0.0912 e. The van der Waals surface area contributed by atoms with Crippen molar-refractivity contribution in [2.75, 3.05) is 0 Å². The number of hydrogen-bond acceptors (Lipinski definition) is 0. The van der Waals surface area contributed by atoms with Crippen LogP contribution in [-0.2, 0) is 0 Å². The average molecular weight is 311 g/mol. The van der Waals surface area contributed by atoms with E-state index in [1.807, 2.05) is 0 Å².